The maximum Gasteiger partial charge on any atom is 0.142 e. The van der Waals surface area contributed by atoms with Gasteiger partial charge in [-0.1, -0.05) is 18.2 Å². The zero-order valence-electron chi connectivity index (χ0n) is 12.6. The molecule has 4 nitrogen and oxygen atoms in total. The van der Waals surface area contributed by atoms with Crippen LogP contribution in [0.15, 0.2) is 42.5 Å². The normalized spacial score (nSPS) is 15.1. The fourth-order valence-electron chi connectivity index (χ4n) is 2.77. The van der Waals surface area contributed by atoms with Gasteiger partial charge in [-0.05, 0) is 31.2 Å². The van der Waals surface area contributed by atoms with E-state index in [1.807, 2.05) is 25.1 Å². The fraction of sp³-hybridized carbons (Fsp3) is 0.353. The number of anilines is 2. The van der Waals surface area contributed by atoms with Crippen molar-refractivity contribution < 1.29 is 4.74 Å². The molecule has 0 atom stereocenters. The standard InChI is InChI=1S/C17H21N3O/c1-14-6-5-9-17(18-14)20-12-10-19(11-13-20)15-7-3-4-8-16(15)21-2/h3-9H,10-13H2,1-2H3. The molecule has 0 spiro atoms. The highest BCUT2D eigenvalue weighted by Crippen LogP contribution is 2.28. The Labute approximate surface area is 126 Å². The Morgan fingerprint density at radius 3 is 2.33 bits per heavy atom. The van der Waals surface area contributed by atoms with Crippen LogP contribution in [0.2, 0.25) is 0 Å². The van der Waals surface area contributed by atoms with Crippen molar-refractivity contribution in [3.8, 4) is 5.75 Å². The molecule has 0 saturated carbocycles. The molecule has 1 aromatic carbocycles. The summed E-state index contributed by atoms with van der Waals surface area (Å²) in [5, 5.41) is 0. The Hall–Kier alpha value is -2.23. The van der Waals surface area contributed by atoms with E-state index in [1.54, 1.807) is 7.11 Å². The van der Waals surface area contributed by atoms with Crippen LogP contribution < -0.4 is 14.5 Å². The summed E-state index contributed by atoms with van der Waals surface area (Å²) in [6.45, 7) is 5.96. The van der Waals surface area contributed by atoms with Gasteiger partial charge in [0.25, 0.3) is 0 Å². The number of aromatic nitrogens is 1. The number of methoxy groups -OCH3 is 1. The molecule has 0 unspecified atom stereocenters. The Kier molecular flexibility index (Phi) is 3.95. The highest BCUT2D eigenvalue weighted by molar-refractivity contribution is 5.59. The van der Waals surface area contributed by atoms with Gasteiger partial charge in [-0.15, -0.1) is 0 Å². The SMILES string of the molecule is COc1ccccc1N1CCN(c2cccc(C)n2)CC1. The molecule has 1 aromatic heterocycles. The molecule has 1 saturated heterocycles. The lowest BCUT2D eigenvalue weighted by atomic mass is 10.2. The first-order valence-corrected chi connectivity index (χ1v) is 7.34. The van der Waals surface area contributed by atoms with Crippen LogP contribution in [-0.4, -0.2) is 38.3 Å². The molecule has 0 amide bonds. The van der Waals surface area contributed by atoms with Crippen LogP contribution in [0.25, 0.3) is 0 Å². The monoisotopic (exact) mass is 283 g/mol. The van der Waals surface area contributed by atoms with Crippen LogP contribution >= 0.6 is 0 Å². The molecule has 4 heteroatoms. The van der Waals surface area contributed by atoms with Gasteiger partial charge in [0.15, 0.2) is 0 Å². The smallest absolute Gasteiger partial charge is 0.142 e. The highest BCUT2D eigenvalue weighted by atomic mass is 16.5. The third kappa shape index (κ3) is 2.94. The molecule has 0 bridgehead atoms. The third-order valence-corrected chi connectivity index (χ3v) is 3.90. The van der Waals surface area contributed by atoms with Gasteiger partial charge in [-0.2, -0.15) is 0 Å². The maximum absolute atomic E-state index is 5.46. The second kappa shape index (κ2) is 6.04. The van der Waals surface area contributed by atoms with Gasteiger partial charge in [0.1, 0.15) is 11.6 Å². The van der Waals surface area contributed by atoms with Gasteiger partial charge in [0.2, 0.25) is 0 Å². The van der Waals surface area contributed by atoms with Gasteiger partial charge < -0.3 is 14.5 Å². The van der Waals surface area contributed by atoms with Crippen molar-refractivity contribution >= 4 is 11.5 Å². The lowest BCUT2D eigenvalue weighted by Crippen LogP contribution is -2.47. The van der Waals surface area contributed by atoms with Gasteiger partial charge in [-0.25, -0.2) is 4.98 Å². The van der Waals surface area contributed by atoms with E-state index in [-0.39, 0.29) is 0 Å². The quantitative estimate of drug-likeness (QED) is 0.866. The number of rotatable bonds is 3. The second-order valence-electron chi connectivity index (χ2n) is 5.28. The average molecular weight is 283 g/mol. The van der Waals surface area contributed by atoms with Gasteiger partial charge in [-0.3, -0.25) is 0 Å². The minimum absolute atomic E-state index is 0.944. The Morgan fingerprint density at radius 1 is 0.905 bits per heavy atom. The summed E-state index contributed by atoms with van der Waals surface area (Å²) in [7, 11) is 1.73. The van der Waals surface area contributed by atoms with E-state index in [0.717, 1.165) is 43.4 Å². The summed E-state index contributed by atoms with van der Waals surface area (Å²) in [5.41, 5.74) is 2.25. The number of aryl methyl sites for hydroxylation is 1. The average Bonchev–Trinajstić information content (AvgIpc) is 2.55. The van der Waals surface area contributed by atoms with Crippen molar-refractivity contribution in [2.75, 3.05) is 43.1 Å². The number of piperazine rings is 1. The summed E-state index contributed by atoms with van der Waals surface area (Å²) >= 11 is 0. The van der Waals surface area contributed by atoms with Crippen molar-refractivity contribution in [1.82, 2.24) is 4.98 Å². The second-order valence-corrected chi connectivity index (χ2v) is 5.28. The lowest BCUT2D eigenvalue weighted by molar-refractivity contribution is 0.413. The third-order valence-electron chi connectivity index (χ3n) is 3.90. The predicted molar refractivity (Wildman–Crippen MR) is 86.4 cm³/mol. The largest absolute Gasteiger partial charge is 0.495 e. The molecule has 1 aliphatic heterocycles. The Morgan fingerprint density at radius 2 is 1.62 bits per heavy atom. The minimum atomic E-state index is 0.944. The number of para-hydroxylation sites is 2. The molecule has 0 radical (unpaired) electrons. The molecule has 1 aliphatic rings. The van der Waals surface area contributed by atoms with E-state index in [0.29, 0.717) is 0 Å². The van der Waals surface area contributed by atoms with Gasteiger partial charge >= 0.3 is 0 Å². The van der Waals surface area contributed by atoms with E-state index in [9.17, 15) is 0 Å². The van der Waals surface area contributed by atoms with Crippen LogP contribution in [0, 0.1) is 6.92 Å². The van der Waals surface area contributed by atoms with Crippen LogP contribution in [-0.2, 0) is 0 Å². The van der Waals surface area contributed by atoms with E-state index in [4.69, 9.17) is 4.74 Å². The van der Waals surface area contributed by atoms with Crippen LogP contribution in [0.3, 0.4) is 0 Å². The van der Waals surface area contributed by atoms with Crippen molar-refractivity contribution in [3.63, 3.8) is 0 Å². The number of ether oxygens (including phenoxy) is 1. The first-order chi connectivity index (χ1) is 10.3. The summed E-state index contributed by atoms with van der Waals surface area (Å²) in [6.07, 6.45) is 0. The number of hydrogen-bond acceptors (Lipinski definition) is 4. The number of pyridine rings is 1. The van der Waals surface area contributed by atoms with Crippen molar-refractivity contribution in [3.05, 3.63) is 48.2 Å². The molecule has 0 N–H and O–H groups in total. The minimum Gasteiger partial charge on any atom is -0.495 e. The Balaban J connectivity index is 1.70. The zero-order chi connectivity index (χ0) is 14.7. The van der Waals surface area contributed by atoms with Crippen LogP contribution in [0.1, 0.15) is 5.69 Å². The molecule has 1 fully saturated rings. The number of hydrogen-bond donors (Lipinski definition) is 0. The molecular weight excluding hydrogens is 262 g/mol. The van der Waals surface area contributed by atoms with E-state index in [1.165, 1.54) is 5.69 Å². The zero-order valence-corrected chi connectivity index (χ0v) is 12.6. The topological polar surface area (TPSA) is 28.6 Å². The molecule has 21 heavy (non-hydrogen) atoms. The summed E-state index contributed by atoms with van der Waals surface area (Å²) in [5.74, 6) is 2.02. The molecule has 110 valence electrons. The summed E-state index contributed by atoms with van der Waals surface area (Å²) in [4.78, 5) is 9.34. The van der Waals surface area contributed by atoms with E-state index >= 15 is 0 Å². The molecule has 0 aliphatic carbocycles. The molecule has 2 aromatic rings. The van der Waals surface area contributed by atoms with Gasteiger partial charge in [0, 0.05) is 31.9 Å². The van der Waals surface area contributed by atoms with Gasteiger partial charge in [0.05, 0.1) is 12.8 Å². The number of benzene rings is 1. The predicted octanol–water partition coefficient (Wildman–Crippen LogP) is 2.73. The lowest BCUT2D eigenvalue weighted by Gasteiger charge is -2.37. The van der Waals surface area contributed by atoms with E-state index < -0.39 is 0 Å². The van der Waals surface area contributed by atoms with Crippen molar-refractivity contribution in [2.24, 2.45) is 0 Å². The first kappa shape index (κ1) is 13.7. The molecular formula is C17H21N3O. The fourth-order valence-corrected chi connectivity index (χ4v) is 2.77. The summed E-state index contributed by atoms with van der Waals surface area (Å²) in [6, 6.07) is 14.4. The maximum atomic E-state index is 5.46. The first-order valence-electron chi connectivity index (χ1n) is 7.34. The van der Waals surface area contributed by atoms with Crippen molar-refractivity contribution in [1.29, 1.82) is 0 Å². The Bertz CT molecular complexity index is 606. The number of nitrogens with zero attached hydrogens (tertiary/aromatic N) is 3. The summed E-state index contributed by atoms with van der Waals surface area (Å²) < 4.78 is 5.46. The molecule has 2 heterocycles. The highest BCUT2D eigenvalue weighted by Gasteiger charge is 2.20. The van der Waals surface area contributed by atoms with Crippen LogP contribution in [0.5, 0.6) is 5.75 Å². The van der Waals surface area contributed by atoms with Crippen LogP contribution in [0.4, 0.5) is 11.5 Å². The van der Waals surface area contributed by atoms with Crippen molar-refractivity contribution in [2.45, 2.75) is 6.92 Å². The van der Waals surface area contributed by atoms with E-state index in [2.05, 4.69) is 39.0 Å². The molecule has 3 rings (SSSR count).